The number of rotatable bonds is 5. The zero-order valence-corrected chi connectivity index (χ0v) is 16.8. The molecule has 0 spiro atoms. The second-order valence-electron chi connectivity index (χ2n) is 7.38. The molecule has 3 rings (SSSR count). The maximum atomic E-state index is 12.5. The van der Waals surface area contributed by atoms with Crippen LogP contribution in [0.25, 0.3) is 0 Å². The molecule has 0 saturated carbocycles. The number of benzene rings is 1. The lowest BCUT2D eigenvalue weighted by Crippen LogP contribution is -2.56. The first-order valence-corrected chi connectivity index (χ1v) is 10.1. The minimum Gasteiger partial charge on any atom is -0.495 e. The number of hydrogen-bond acceptors (Lipinski definition) is 7. The number of ether oxygens (including phenoxy) is 2. The average Bonchev–Trinajstić information content (AvgIpc) is 2.74. The molecular formula is C20H32N4O4. The Bertz CT molecular complexity index is 676. The van der Waals surface area contributed by atoms with Crippen LogP contribution in [0.15, 0.2) is 12.1 Å². The predicted octanol–water partition coefficient (Wildman–Crippen LogP) is 1.21. The predicted molar refractivity (Wildman–Crippen MR) is 109 cm³/mol. The van der Waals surface area contributed by atoms with Crippen LogP contribution < -0.4 is 20.7 Å². The third-order valence-corrected chi connectivity index (χ3v) is 5.66. The number of carbonyl (C=O) groups is 1. The largest absolute Gasteiger partial charge is 0.495 e. The first-order chi connectivity index (χ1) is 13.6. The standard InChI is InChI=1S/C20H32N4O4/c1-3-14-10-17(21)19(27-2)11-18(14)23-7-4-16(5-8-23)28-20(26)24-9-6-22-12-15(24)13-25/h10-11,15-16,22,25H,3-9,12-13,21H2,1-2H3/t15-/m0/s1. The maximum absolute atomic E-state index is 12.5. The van der Waals surface area contributed by atoms with E-state index in [0.29, 0.717) is 24.5 Å². The van der Waals surface area contributed by atoms with E-state index in [9.17, 15) is 9.90 Å². The zero-order valence-electron chi connectivity index (χ0n) is 16.8. The maximum Gasteiger partial charge on any atom is 0.410 e. The number of anilines is 2. The number of amides is 1. The van der Waals surface area contributed by atoms with Gasteiger partial charge in [-0.1, -0.05) is 6.92 Å². The zero-order chi connectivity index (χ0) is 20.1. The van der Waals surface area contributed by atoms with E-state index in [4.69, 9.17) is 15.2 Å². The molecule has 0 aliphatic carbocycles. The number of aryl methyl sites for hydroxylation is 1. The molecule has 2 heterocycles. The molecule has 2 aliphatic heterocycles. The van der Waals surface area contributed by atoms with Crippen molar-refractivity contribution in [3.63, 3.8) is 0 Å². The summed E-state index contributed by atoms with van der Waals surface area (Å²) in [6.07, 6.45) is 2.03. The minimum absolute atomic E-state index is 0.0562. The number of piperazine rings is 1. The lowest BCUT2D eigenvalue weighted by atomic mass is 10.0. The average molecular weight is 393 g/mol. The molecule has 1 amide bonds. The number of aliphatic hydroxyl groups excluding tert-OH is 1. The highest BCUT2D eigenvalue weighted by Crippen LogP contribution is 2.34. The van der Waals surface area contributed by atoms with Gasteiger partial charge in [-0.3, -0.25) is 0 Å². The van der Waals surface area contributed by atoms with Gasteiger partial charge in [-0.2, -0.15) is 0 Å². The summed E-state index contributed by atoms with van der Waals surface area (Å²) in [6, 6.07) is 3.78. The molecule has 28 heavy (non-hydrogen) atoms. The second-order valence-corrected chi connectivity index (χ2v) is 7.38. The van der Waals surface area contributed by atoms with Crippen LogP contribution in [0.5, 0.6) is 5.75 Å². The molecule has 1 atom stereocenters. The number of nitrogens with two attached hydrogens (primary N) is 1. The van der Waals surface area contributed by atoms with Crippen LogP contribution in [0.3, 0.4) is 0 Å². The SMILES string of the molecule is CCc1cc(N)c(OC)cc1N1CCC(OC(=O)N2CCNC[C@H]2CO)CC1. The summed E-state index contributed by atoms with van der Waals surface area (Å²) in [6.45, 7) is 5.56. The number of piperidine rings is 1. The van der Waals surface area contributed by atoms with Crippen LogP contribution in [0.4, 0.5) is 16.2 Å². The van der Waals surface area contributed by atoms with Crippen LogP contribution >= 0.6 is 0 Å². The van der Waals surface area contributed by atoms with E-state index in [1.165, 1.54) is 5.56 Å². The van der Waals surface area contributed by atoms with Crippen molar-refractivity contribution in [2.45, 2.75) is 38.3 Å². The molecule has 8 heteroatoms. The molecule has 156 valence electrons. The highest BCUT2D eigenvalue weighted by molar-refractivity contribution is 5.69. The topological polar surface area (TPSA) is 100 Å². The molecule has 4 N–H and O–H groups in total. The van der Waals surface area contributed by atoms with Crippen molar-refractivity contribution < 1.29 is 19.4 Å². The Kier molecular flexibility index (Phi) is 6.85. The van der Waals surface area contributed by atoms with Gasteiger partial charge in [0.05, 0.1) is 25.4 Å². The second kappa shape index (κ2) is 9.34. The normalized spacial score (nSPS) is 20.9. The molecule has 0 radical (unpaired) electrons. The Morgan fingerprint density at radius 3 is 2.71 bits per heavy atom. The van der Waals surface area contributed by atoms with Gasteiger partial charge in [0.2, 0.25) is 0 Å². The van der Waals surface area contributed by atoms with E-state index in [2.05, 4.69) is 17.1 Å². The molecule has 0 aromatic heterocycles. The Labute approximate surface area is 166 Å². The Hall–Kier alpha value is -2.19. The van der Waals surface area contributed by atoms with E-state index in [0.717, 1.165) is 44.6 Å². The summed E-state index contributed by atoms with van der Waals surface area (Å²) in [7, 11) is 1.63. The molecule has 1 aromatic carbocycles. The molecular weight excluding hydrogens is 360 g/mol. The first-order valence-electron chi connectivity index (χ1n) is 10.1. The summed E-state index contributed by atoms with van der Waals surface area (Å²) < 4.78 is 11.1. The summed E-state index contributed by atoms with van der Waals surface area (Å²) in [5.74, 6) is 0.689. The van der Waals surface area contributed by atoms with Gasteiger partial charge in [-0.15, -0.1) is 0 Å². The summed E-state index contributed by atoms with van der Waals surface area (Å²) >= 11 is 0. The number of methoxy groups -OCH3 is 1. The van der Waals surface area contributed by atoms with Gasteiger partial charge in [-0.25, -0.2) is 4.79 Å². The molecule has 0 unspecified atom stereocenters. The summed E-state index contributed by atoms with van der Waals surface area (Å²) in [5, 5.41) is 12.7. The number of carbonyl (C=O) groups excluding carboxylic acids is 1. The molecule has 2 saturated heterocycles. The molecule has 2 fully saturated rings. The Morgan fingerprint density at radius 1 is 1.32 bits per heavy atom. The molecule has 1 aromatic rings. The number of nitrogen functional groups attached to an aromatic ring is 1. The lowest BCUT2D eigenvalue weighted by molar-refractivity contribution is 0.0257. The third kappa shape index (κ3) is 4.44. The van der Waals surface area contributed by atoms with Crippen LogP contribution in [0, 0.1) is 0 Å². The van der Waals surface area contributed by atoms with Gasteiger partial charge < -0.3 is 35.4 Å². The van der Waals surface area contributed by atoms with Crippen LogP contribution in [-0.4, -0.2) is 74.7 Å². The van der Waals surface area contributed by atoms with E-state index in [1.54, 1.807) is 12.0 Å². The monoisotopic (exact) mass is 392 g/mol. The van der Waals surface area contributed by atoms with Crippen molar-refractivity contribution in [2.75, 3.05) is 57.1 Å². The minimum atomic E-state index is -0.317. The lowest BCUT2D eigenvalue weighted by Gasteiger charge is -2.38. The molecule has 2 aliphatic rings. The molecule has 8 nitrogen and oxygen atoms in total. The van der Waals surface area contributed by atoms with Gasteiger partial charge in [0.25, 0.3) is 0 Å². The van der Waals surface area contributed by atoms with Crippen LogP contribution in [0.2, 0.25) is 0 Å². The van der Waals surface area contributed by atoms with Crippen LogP contribution in [-0.2, 0) is 11.2 Å². The van der Waals surface area contributed by atoms with Gasteiger partial charge in [-0.05, 0) is 18.1 Å². The van der Waals surface area contributed by atoms with E-state index >= 15 is 0 Å². The number of nitrogens with zero attached hydrogens (tertiary/aromatic N) is 2. The van der Waals surface area contributed by atoms with Crippen molar-refractivity contribution >= 4 is 17.5 Å². The van der Waals surface area contributed by atoms with E-state index < -0.39 is 0 Å². The quantitative estimate of drug-likeness (QED) is 0.648. The van der Waals surface area contributed by atoms with Gasteiger partial charge in [0, 0.05) is 57.3 Å². The number of aliphatic hydroxyl groups is 1. The van der Waals surface area contributed by atoms with Crippen molar-refractivity contribution in [2.24, 2.45) is 0 Å². The van der Waals surface area contributed by atoms with Gasteiger partial charge in [0.15, 0.2) is 0 Å². The summed E-state index contributed by atoms with van der Waals surface area (Å²) in [5.41, 5.74) is 9.04. The number of hydrogen-bond donors (Lipinski definition) is 3. The van der Waals surface area contributed by atoms with Crippen molar-refractivity contribution in [3.8, 4) is 5.75 Å². The highest BCUT2D eigenvalue weighted by Gasteiger charge is 2.30. The van der Waals surface area contributed by atoms with Crippen molar-refractivity contribution in [3.05, 3.63) is 17.7 Å². The Balaban J connectivity index is 1.59. The number of nitrogens with one attached hydrogen (secondary N) is 1. The Morgan fingerprint density at radius 2 is 2.07 bits per heavy atom. The van der Waals surface area contributed by atoms with E-state index in [1.807, 2.05) is 12.1 Å². The fourth-order valence-electron chi connectivity index (χ4n) is 3.98. The first kappa shape index (κ1) is 20.5. The van der Waals surface area contributed by atoms with Crippen molar-refractivity contribution in [1.82, 2.24) is 10.2 Å². The fourth-order valence-corrected chi connectivity index (χ4v) is 3.98. The van der Waals surface area contributed by atoms with Crippen molar-refractivity contribution in [1.29, 1.82) is 0 Å². The fraction of sp³-hybridized carbons (Fsp3) is 0.650. The van der Waals surface area contributed by atoms with Gasteiger partial charge >= 0.3 is 6.09 Å². The smallest absolute Gasteiger partial charge is 0.410 e. The third-order valence-electron chi connectivity index (χ3n) is 5.66. The molecule has 0 bridgehead atoms. The highest BCUT2D eigenvalue weighted by atomic mass is 16.6. The van der Waals surface area contributed by atoms with E-state index in [-0.39, 0.29) is 24.8 Å². The van der Waals surface area contributed by atoms with Gasteiger partial charge in [0.1, 0.15) is 11.9 Å². The van der Waals surface area contributed by atoms with Crippen LogP contribution in [0.1, 0.15) is 25.3 Å². The summed E-state index contributed by atoms with van der Waals surface area (Å²) in [4.78, 5) is 16.5.